The van der Waals surface area contributed by atoms with E-state index < -0.39 is 0 Å². The van der Waals surface area contributed by atoms with Gasteiger partial charge in [-0.05, 0) is 37.1 Å². The highest BCUT2D eigenvalue weighted by Gasteiger charge is 2.21. The van der Waals surface area contributed by atoms with Crippen LogP contribution in [0.2, 0.25) is 0 Å². The van der Waals surface area contributed by atoms with Crippen LogP contribution in [0.15, 0.2) is 0 Å². The second-order valence-corrected chi connectivity index (χ2v) is 5.10. The van der Waals surface area contributed by atoms with E-state index in [1.165, 1.54) is 6.42 Å². The first kappa shape index (κ1) is 13.9. The molecule has 2 N–H and O–H groups in total. The van der Waals surface area contributed by atoms with Crippen LogP contribution >= 0.6 is 0 Å². The first-order chi connectivity index (χ1) is 6.50. The average Bonchev–Trinajstić information content (AvgIpc) is 2.10. The van der Waals surface area contributed by atoms with Crippen LogP contribution < -0.4 is 5.32 Å². The van der Waals surface area contributed by atoms with Crippen LogP contribution in [0.25, 0.3) is 0 Å². The molecule has 0 spiro atoms. The van der Waals surface area contributed by atoms with Gasteiger partial charge in [0.05, 0.1) is 0 Å². The lowest BCUT2D eigenvalue weighted by Gasteiger charge is -2.29. The van der Waals surface area contributed by atoms with Gasteiger partial charge in [0.1, 0.15) is 0 Å². The van der Waals surface area contributed by atoms with E-state index in [0.717, 1.165) is 25.9 Å². The van der Waals surface area contributed by atoms with Gasteiger partial charge in [-0.2, -0.15) is 0 Å². The van der Waals surface area contributed by atoms with Crippen LogP contribution in [0.5, 0.6) is 0 Å². The van der Waals surface area contributed by atoms with Crippen molar-refractivity contribution in [1.82, 2.24) is 5.32 Å². The predicted octanol–water partition coefficient (Wildman–Crippen LogP) is 2.42. The van der Waals surface area contributed by atoms with Gasteiger partial charge in [0.25, 0.3) is 0 Å². The molecule has 0 unspecified atom stereocenters. The van der Waals surface area contributed by atoms with Gasteiger partial charge in [-0.3, -0.25) is 0 Å². The molecule has 2 nitrogen and oxygen atoms in total. The number of rotatable bonds is 8. The molecule has 86 valence electrons. The molecule has 0 radical (unpaired) electrons. The lowest BCUT2D eigenvalue weighted by molar-refractivity contribution is 0.237. The van der Waals surface area contributed by atoms with Crippen molar-refractivity contribution >= 4 is 0 Å². The van der Waals surface area contributed by atoms with Gasteiger partial charge in [0, 0.05) is 13.2 Å². The summed E-state index contributed by atoms with van der Waals surface area (Å²) in [5, 5.41) is 12.1. The van der Waals surface area contributed by atoms with Crippen LogP contribution in [-0.4, -0.2) is 24.8 Å². The first-order valence-corrected chi connectivity index (χ1v) is 5.82. The number of aliphatic hydroxyl groups excluding tert-OH is 1. The molecule has 0 aliphatic carbocycles. The van der Waals surface area contributed by atoms with E-state index in [1.807, 2.05) is 0 Å². The third kappa shape index (κ3) is 6.39. The van der Waals surface area contributed by atoms with E-state index >= 15 is 0 Å². The molecule has 0 bridgehead atoms. The van der Waals surface area contributed by atoms with Crippen molar-refractivity contribution in [3.8, 4) is 0 Å². The fourth-order valence-corrected chi connectivity index (χ4v) is 1.15. The SMILES string of the molecule is CC(C)C(C)(C)CNCCCCCO. The molecule has 0 fully saturated rings. The van der Waals surface area contributed by atoms with Crippen LogP contribution in [0.3, 0.4) is 0 Å². The molecule has 0 saturated carbocycles. The summed E-state index contributed by atoms with van der Waals surface area (Å²) in [5.74, 6) is 0.715. The molecule has 0 aromatic heterocycles. The monoisotopic (exact) mass is 201 g/mol. The van der Waals surface area contributed by atoms with Crippen LogP contribution in [-0.2, 0) is 0 Å². The average molecular weight is 201 g/mol. The normalized spacial score (nSPS) is 12.4. The number of unbranched alkanes of at least 4 members (excludes halogenated alkanes) is 2. The maximum Gasteiger partial charge on any atom is 0.0431 e. The van der Waals surface area contributed by atoms with Crippen molar-refractivity contribution in [2.24, 2.45) is 11.3 Å². The molecule has 0 aliphatic rings. The van der Waals surface area contributed by atoms with Gasteiger partial charge in [0.15, 0.2) is 0 Å². The summed E-state index contributed by atoms with van der Waals surface area (Å²) in [5.41, 5.74) is 0.386. The second kappa shape index (κ2) is 7.24. The minimum atomic E-state index is 0.331. The zero-order valence-electron chi connectivity index (χ0n) is 10.3. The Morgan fingerprint density at radius 1 is 1.14 bits per heavy atom. The first-order valence-electron chi connectivity index (χ1n) is 5.82. The largest absolute Gasteiger partial charge is 0.396 e. The molecular weight excluding hydrogens is 174 g/mol. The topological polar surface area (TPSA) is 32.3 Å². The van der Waals surface area contributed by atoms with Crippen LogP contribution in [0.1, 0.15) is 47.0 Å². The van der Waals surface area contributed by atoms with Gasteiger partial charge in [-0.25, -0.2) is 0 Å². The van der Waals surface area contributed by atoms with E-state index in [0.29, 0.717) is 17.9 Å². The summed E-state index contributed by atoms with van der Waals surface area (Å²) in [4.78, 5) is 0. The summed E-state index contributed by atoms with van der Waals surface area (Å²) < 4.78 is 0. The van der Waals surface area contributed by atoms with Crippen molar-refractivity contribution in [1.29, 1.82) is 0 Å². The van der Waals surface area contributed by atoms with Crippen molar-refractivity contribution < 1.29 is 5.11 Å². The summed E-state index contributed by atoms with van der Waals surface area (Å²) >= 11 is 0. The third-order valence-corrected chi connectivity index (χ3v) is 3.16. The highest BCUT2D eigenvalue weighted by Crippen LogP contribution is 2.24. The van der Waals surface area contributed by atoms with E-state index in [9.17, 15) is 0 Å². The Morgan fingerprint density at radius 2 is 1.79 bits per heavy atom. The van der Waals surface area contributed by atoms with Crippen LogP contribution in [0, 0.1) is 11.3 Å². The number of hydrogen-bond donors (Lipinski definition) is 2. The van der Waals surface area contributed by atoms with E-state index in [1.54, 1.807) is 0 Å². The highest BCUT2D eigenvalue weighted by molar-refractivity contribution is 4.74. The number of aliphatic hydroxyl groups is 1. The molecule has 0 amide bonds. The van der Waals surface area contributed by atoms with Crippen molar-refractivity contribution in [2.45, 2.75) is 47.0 Å². The standard InChI is InChI=1S/C12H27NO/c1-11(2)12(3,4)10-13-8-6-5-7-9-14/h11,13-14H,5-10H2,1-4H3. The molecule has 0 aromatic rings. The minimum Gasteiger partial charge on any atom is -0.396 e. The molecule has 0 heterocycles. The number of nitrogens with one attached hydrogen (secondary N) is 1. The smallest absolute Gasteiger partial charge is 0.0431 e. The van der Waals surface area contributed by atoms with E-state index in [4.69, 9.17) is 5.11 Å². The third-order valence-electron chi connectivity index (χ3n) is 3.16. The van der Waals surface area contributed by atoms with Gasteiger partial charge in [-0.1, -0.05) is 27.7 Å². The van der Waals surface area contributed by atoms with Crippen molar-refractivity contribution in [3.63, 3.8) is 0 Å². The van der Waals surface area contributed by atoms with Gasteiger partial charge >= 0.3 is 0 Å². The molecule has 0 saturated heterocycles. The molecule has 0 atom stereocenters. The molecule has 2 heteroatoms. The lowest BCUT2D eigenvalue weighted by Crippen LogP contribution is -2.33. The van der Waals surface area contributed by atoms with Crippen molar-refractivity contribution in [2.75, 3.05) is 19.7 Å². The van der Waals surface area contributed by atoms with Gasteiger partial charge < -0.3 is 10.4 Å². The summed E-state index contributed by atoms with van der Waals surface area (Å²) in [6.07, 6.45) is 3.25. The number of hydrogen-bond acceptors (Lipinski definition) is 2. The Labute approximate surface area is 89.1 Å². The molecule has 0 aliphatic heterocycles. The van der Waals surface area contributed by atoms with E-state index in [2.05, 4.69) is 33.0 Å². The van der Waals surface area contributed by atoms with Gasteiger partial charge in [0.2, 0.25) is 0 Å². The molecular formula is C12H27NO. The Kier molecular flexibility index (Phi) is 7.20. The summed E-state index contributed by atoms with van der Waals surface area (Å²) in [7, 11) is 0. The Morgan fingerprint density at radius 3 is 2.29 bits per heavy atom. The Hall–Kier alpha value is -0.0800. The predicted molar refractivity (Wildman–Crippen MR) is 62.4 cm³/mol. The molecule has 0 aromatic carbocycles. The zero-order chi connectivity index (χ0) is 11.0. The summed E-state index contributed by atoms with van der Waals surface area (Å²) in [6.45, 7) is 11.6. The Balaban J connectivity index is 3.35. The maximum atomic E-state index is 8.60. The molecule has 0 rings (SSSR count). The van der Waals surface area contributed by atoms with Crippen LogP contribution in [0.4, 0.5) is 0 Å². The summed E-state index contributed by atoms with van der Waals surface area (Å²) in [6, 6.07) is 0. The quantitative estimate of drug-likeness (QED) is 0.591. The molecule has 14 heavy (non-hydrogen) atoms. The fraction of sp³-hybridized carbons (Fsp3) is 1.00. The maximum absolute atomic E-state index is 8.60. The van der Waals surface area contributed by atoms with E-state index in [-0.39, 0.29) is 0 Å². The second-order valence-electron chi connectivity index (χ2n) is 5.10. The zero-order valence-corrected chi connectivity index (χ0v) is 10.3. The Bertz CT molecular complexity index is 132. The minimum absolute atomic E-state index is 0.331. The van der Waals surface area contributed by atoms with Gasteiger partial charge in [-0.15, -0.1) is 0 Å². The highest BCUT2D eigenvalue weighted by atomic mass is 16.2. The lowest BCUT2D eigenvalue weighted by atomic mass is 9.81. The van der Waals surface area contributed by atoms with Crippen molar-refractivity contribution in [3.05, 3.63) is 0 Å². The fourth-order valence-electron chi connectivity index (χ4n) is 1.15.